The predicted molar refractivity (Wildman–Crippen MR) is 73.3 cm³/mol. The summed E-state index contributed by atoms with van der Waals surface area (Å²) in [6, 6.07) is 11.4. The molecule has 19 heavy (non-hydrogen) atoms. The molecule has 0 saturated heterocycles. The summed E-state index contributed by atoms with van der Waals surface area (Å²) in [4.78, 5) is 4.29. The Labute approximate surface area is 112 Å². The fourth-order valence-electron chi connectivity index (χ4n) is 2.15. The molecule has 0 radical (unpaired) electrons. The molecule has 2 N–H and O–H groups in total. The summed E-state index contributed by atoms with van der Waals surface area (Å²) in [5.74, 6) is 1.64. The molecule has 4 heteroatoms. The van der Waals surface area contributed by atoms with Crippen LogP contribution in [0.25, 0.3) is 0 Å². The molecule has 1 aliphatic heterocycles. The van der Waals surface area contributed by atoms with Crippen molar-refractivity contribution >= 4 is 5.69 Å². The average molecular weight is 256 g/mol. The largest absolute Gasteiger partial charge is 0.486 e. The third-order valence-electron chi connectivity index (χ3n) is 3.13. The third kappa shape index (κ3) is 2.78. The van der Waals surface area contributed by atoms with Crippen molar-refractivity contribution in [3.8, 4) is 11.5 Å². The molecule has 1 atom stereocenters. The maximum atomic E-state index is 5.90. The molecule has 0 saturated carbocycles. The molecule has 0 aliphatic carbocycles. The van der Waals surface area contributed by atoms with Crippen LogP contribution in [0.5, 0.6) is 11.5 Å². The van der Waals surface area contributed by atoms with Gasteiger partial charge in [-0.1, -0.05) is 12.1 Å². The molecule has 2 aromatic rings. The Bertz CT molecular complexity index is 572. The van der Waals surface area contributed by atoms with E-state index in [-0.39, 0.29) is 6.10 Å². The maximum Gasteiger partial charge on any atom is 0.161 e. The van der Waals surface area contributed by atoms with Crippen LogP contribution in [-0.4, -0.2) is 17.7 Å². The van der Waals surface area contributed by atoms with E-state index in [0.29, 0.717) is 6.61 Å². The number of nitrogens with two attached hydrogens (primary N) is 1. The quantitative estimate of drug-likeness (QED) is 0.916. The molecule has 0 amide bonds. The lowest BCUT2D eigenvalue weighted by molar-refractivity contribution is 0.0849. The molecule has 0 spiro atoms. The van der Waals surface area contributed by atoms with Crippen LogP contribution in [-0.2, 0) is 6.42 Å². The Kier molecular flexibility index (Phi) is 3.23. The molecule has 1 aromatic carbocycles. The Hall–Kier alpha value is -2.23. The summed E-state index contributed by atoms with van der Waals surface area (Å²) < 4.78 is 11.6. The van der Waals surface area contributed by atoms with Gasteiger partial charge < -0.3 is 15.2 Å². The fourth-order valence-corrected chi connectivity index (χ4v) is 2.15. The molecular formula is C15H16N2O2. The molecule has 0 unspecified atom stereocenters. The lowest BCUT2D eigenvalue weighted by Crippen LogP contribution is -2.29. The molecule has 0 fully saturated rings. The smallest absolute Gasteiger partial charge is 0.161 e. The van der Waals surface area contributed by atoms with Gasteiger partial charge in [0.05, 0.1) is 0 Å². The van der Waals surface area contributed by atoms with Gasteiger partial charge >= 0.3 is 0 Å². The van der Waals surface area contributed by atoms with Crippen molar-refractivity contribution in [1.82, 2.24) is 4.98 Å². The van der Waals surface area contributed by atoms with Gasteiger partial charge in [0.1, 0.15) is 12.7 Å². The van der Waals surface area contributed by atoms with E-state index >= 15 is 0 Å². The van der Waals surface area contributed by atoms with Crippen LogP contribution >= 0.6 is 0 Å². The first kappa shape index (κ1) is 11.8. The number of nitrogens with zero attached hydrogens (tertiary/aromatic N) is 1. The summed E-state index contributed by atoms with van der Waals surface area (Å²) in [6.45, 7) is 0.583. The molecule has 1 aromatic heterocycles. The van der Waals surface area contributed by atoms with Gasteiger partial charge in [0.2, 0.25) is 0 Å². The van der Waals surface area contributed by atoms with Crippen molar-refractivity contribution in [3.05, 3.63) is 48.3 Å². The van der Waals surface area contributed by atoms with Crippen LogP contribution in [0.15, 0.2) is 42.6 Å². The van der Waals surface area contributed by atoms with Crippen molar-refractivity contribution in [2.24, 2.45) is 0 Å². The lowest BCUT2D eigenvalue weighted by atomic mass is 10.1. The molecule has 98 valence electrons. The molecule has 1 aliphatic rings. The van der Waals surface area contributed by atoms with Crippen LogP contribution < -0.4 is 15.2 Å². The number of hydrogen-bond donors (Lipinski definition) is 1. The second-order valence-electron chi connectivity index (χ2n) is 4.62. The van der Waals surface area contributed by atoms with E-state index in [1.807, 2.05) is 30.3 Å². The normalized spacial score (nSPS) is 17.2. The number of benzene rings is 1. The second kappa shape index (κ2) is 5.18. The van der Waals surface area contributed by atoms with Crippen LogP contribution in [0.1, 0.15) is 12.1 Å². The summed E-state index contributed by atoms with van der Waals surface area (Å²) in [5.41, 5.74) is 7.47. The van der Waals surface area contributed by atoms with E-state index in [1.54, 1.807) is 12.3 Å². The van der Waals surface area contributed by atoms with Gasteiger partial charge in [0, 0.05) is 17.6 Å². The average Bonchev–Trinajstić information content (AvgIpc) is 2.45. The summed E-state index contributed by atoms with van der Waals surface area (Å²) in [6.07, 6.45) is 3.50. The maximum absolute atomic E-state index is 5.90. The van der Waals surface area contributed by atoms with Gasteiger partial charge in [0.15, 0.2) is 11.5 Å². The molecule has 3 rings (SSSR count). The van der Waals surface area contributed by atoms with Crippen LogP contribution in [0.2, 0.25) is 0 Å². The second-order valence-corrected chi connectivity index (χ2v) is 4.62. The molecule has 2 heterocycles. The molecule has 4 nitrogen and oxygen atoms in total. The van der Waals surface area contributed by atoms with Crippen molar-refractivity contribution < 1.29 is 9.47 Å². The zero-order valence-corrected chi connectivity index (χ0v) is 10.6. The minimum absolute atomic E-state index is 0.0677. The number of pyridine rings is 1. The Morgan fingerprint density at radius 1 is 1.21 bits per heavy atom. The minimum Gasteiger partial charge on any atom is -0.486 e. The minimum atomic E-state index is 0.0677. The summed E-state index contributed by atoms with van der Waals surface area (Å²) >= 11 is 0. The number of nitrogen functional groups attached to an aromatic ring is 1. The zero-order valence-electron chi connectivity index (χ0n) is 10.6. The Morgan fingerprint density at radius 3 is 2.89 bits per heavy atom. The van der Waals surface area contributed by atoms with Gasteiger partial charge in [-0.3, -0.25) is 4.98 Å². The van der Waals surface area contributed by atoms with Crippen molar-refractivity contribution in [1.29, 1.82) is 0 Å². The first-order valence-corrected chi connectivity index (χ1v) is 6.40. The topological polar surface area (TPSA) is 57.4 Å². The predicted octanol–water partition coefficient (Wildman–Crippen LogP) is 2.44. The van der Waals surface area contributed by atoms with Crippen LogP contribution in [0.3, 0.4) is 0 Å². The standard InChI is InChI=1S/C15H16N2O2/c16-11-7-8-17-12(9-11)5-6-13-10-18-14-3-1-2-4-15(14)19-13/h1-4,7-9,13H,5-6,10H2,(H2,16,17)/t13-/m1/s1. The lowest BCUT2D eigenvalue weighted by Gasteiger charge is -2.26. The number of hydrogen-bond acceptors (Lipinski definition) is 4. The van der Waals surface area contributed by atoms with Crippen molar-refractivity contribution in [2.75, 3.05) is 12.3 Å². The Morgan fingerprint density at radius 2 is 2.05 bits per heavy atom. The number of fused-ring (bicyclic) bond motifs is 1. The van der Waals surface area contributed by atoms with E-state index in [9.17, 15) is 0 Å². The summed E-state index contributed by atoms with van der Waals surface area (Å²) in [5, 5.41) is 0. The molecular weight excluding hydrogens is 240 g/mol. The van der Waals surface area contributed by atoms with Crippen LogP contribution in [0, 0.1) is 0 Å². The third-order valence-corrected chi connectivity index (χ3v) is 3.13. The number of para-hydroxylation sites is 2. The number of rotatable bonds is 3. The van der Waals surface area contributed by atoms with E-state index in [2.05, 4.69) is 4.98 Å². The van der Waals surface area contributed by atoms with Crippen LogP contribution in [0.4, 0.5) is 5.69 Å². The highest BCUT2D eigenvalue weighted by atomic mass is 16.6. The number of aromatic nitrogens is 1. The monoisotopic (exact) mass is 256 g/mol. The van der Waals surface area contributed by atoms with E-state index in [4.69, 9.17) is 15.2 Å². The first-order chi connectivity index (χ1) is 9.31. The highest BCUT2D eigenvalue weighted by molar-refractivity contribution is 5.40. The SMILES string of the molecule is Nc1ccnc(CC[C@@H]2COc3ccccc3O2)c1. The number of aryl methyl sites for hydroxylation is 1. The van der Waals surface area contributed by atoms with Crippen molar-refractivity contribution in [3.63, 3.8) is 0 Å². The van der Waals surface area contributed by atoms with E-state index in [0.717, 1.165) is 35.7 Å². The number of anilines is 1. The zero-order chi connectivity index (χ0) is 13.1. The highest BCUT2D eigenvalue weighted by Crippen LogP contribution is 2.31. The summed E-state index contributed by atoms with van der Waals surface area (Å²) in [7, 11) is 0. The van der Waals surface area contributed by atoms with Crippen molar-refractivity contribution in [2.45, 2.75) is 18.9 Å². The molecule has 0 bridgehead atoms. The first-order valence-electron chi connectivity index (χ1n) is 6.40. The highest BCUT2D eigenvalue weighted by Gasteiger charge is 2.20. The Balaban J connectivity index is 1.61. The fraction of sp³-hybridized carbons (Fsp3) is 0.267. The van der Waals surface area contributed by atoms with Gasteiger partial charge in [-0.25, -0.2) is 0 Å². The van der Waals surface area contributed by atoms with E-state index in [1.165, 1.54) is 0 Å². The van der Waals surface area contributed by atoms with E-state index < -0.39 is 0 Å². The van der Waals surface area contributed by atoms with Gasteiger partial charge in [-0.05, 0) is 37.1 Å². The number of ether oxygens (including phenoxy) is 2. The van der Waals surface area contributed by atoms with Gasteiger partial charge in [-0.15, -0.1) is 0 Å². The van der Waals surface area contributed by atoms with Gasteiger partial charge in [-0.2, -0.15) is 0 Å². The van der Waals surface area contributed by atoms with Gasteiger partial charge in [0.25, 0.3) is 0 Å².